The summed E-state index contributed by atoms with van der Waals surface area (Å²) in [6, 6.07) is 8.62. The zero-order chi connectivity index (χ0) is 14.1. The van der Waals surface area contributed by atoms with E-state index in [1.165, 1.54) is 0 Å². The Balaban J connectivity index is 0.00000361. The molecule has 0 radical (unpaired) electrons. The predicted octanol–water partition coefficient (Wildman–Crippen LogP) is -1.52. The molecule has 0 bridgehead atoms. The highest BCUT2D eigenvalue weighted by molar-refractivity contribution is 5.93. The van der Waals surface area contributed by atoms with Crippen LogP contribution in [0.4, 0.5) is 4.79 Å². The third-order valence-corrected chi connectivity index (χ3v) is 2.84. The first-order valence-corrected chi connectivity index (χ1v) is 6.60. The molecule has 0 heterocycles. The Morgan fingerprint density at radius 1 is 1.15 bits per heavy atom. The smallest absolute Gasteiger partial charge is 0.537 e. The predicted molar refractivity (Wildman–Crippen MR) is 71.9 cm³/mol. The molecular formula is C14H21ClN2O3. The third-order valence-electron chi connectivity index (χ3n) is 2.84. The van der Waals surface area contributed by atoms with Gasteiger partial charge in [0.25, 0.3) is 5.91 Å². The van der Waals surface area contributed by atoms with Gasteiger partial charge in [0.05, 0.1) is 0 Å². The molecule has 1 unspecified atom stereocenters. The van der Waals surface area contributed by atoms with Gasteiger partial charge in [-0.1, -0.05) is 38.0 Å². The highest BCUT2D eigenvalue weighted by Gasteiger charge is 2.21. The Kier molecular flexibility index (Phi) is 9.41. The number of carbonyl (C=O) groups excluding carboxylic acids is 1. The van der Waals surface area contributed by atoms with Crippen LogP contribution in [-0.2, 0) is 0 Å². The number of rotatable bonds is 6. The number of carboxylic acid groups (broad SMARTS) is 1. The average Bonchev–Trinajstić information content (AvgIpc) is 2.42. The van der Waals surface area contributed by atoms with Crippen LogP contribution in [-0.4, -0.2) is 23.7 Å². The Morgan fingerprint density at radius 3 is 2.35 bits per heavy atom. The molecule has 0 aliphatic heterocycles. The van der Waals surface area contributed by atoms with Crippen molar-refractivity contribution in [3.8, 4) is 0 Å². The summed E-state index contributed by atoms with van der Waals surface area (Å²) in [5, 5.41) is 9.15. The topological polar surface area (TPSA) is 70.8 Å². The molecule has 0 fully saturated rings. The number of hydrogen-bond acceptors (Lipinski definition) is 2. The summed E-state index contributed by atoms with van der Waals surface area (Å²) >= 11 is 0. The van der Waals surface area contributed by atoms with Crippen molar-refractivity contribution in [1.82, 2.24) is 5.43 Å². The Labute approximate surface area is 125 Å². The first kappa shape index (κ1) is 18.4. The number of amides is 2. The van der Waals surface area contributed by atoms with E-state index in [2.05, 4.69) is 12.3 Å². The molecular weight excluding hydrogens is 280 g/mol. The summed E-state index contributed by atoms with van der Waals surface area (Å²) in [5.74, 6) is -0.367. The summed E-state index contributed by atoms with van der Waals surface area (Å²) in [5.41, 5.74) is 2.96. The van der Waals surface area contributed by atoms with Gasteiger partial charge in [-0.3, -0.25) is 4.79 Å². The number of halogens is 1. The molecule has 1 aromatic carbocycles. The standard InChI is InChI=1S/C14H20N2O3.ClH/c1-2-3-4-8-11-16(14(18)19)15-13(17)12-9-6-5-7-10-12;/h5-7,9-10H,2-4,8,11H2,1H3,(H,15,17)(H,18,19);1H. The fraction of sp³-hybridized carbons (Fsp3) is 0.429. The Bertz CT molecular complexity index is 412. The van der Waals surface area contributed by atoms with Gasteiger partial charge in [-0.15, -0.1) is 5.01 Å². The van der Waals surface area contributed by atoms with Gasteiger partial charge in [0.2, 0.25) is 0 Å². The Hall–Kier alpha value is -1.59. The molecule has 1 aromatic rings. The largest absolute Gasteiger partial charge is 1.00 e. The number of nitrogens with one attached hydrogen (secondary N) is 2. The fourth-order valence-corrected chi connectivity index (χ4v) is 1.75. The molecule has 3 N–H and O–H groups in total. The molecule has 20 heavy (non-hydrogen) atoms. The molecule has 0 aliphatic rings. The minimum atomic E-state index is -1.05. The molecule has 0 spiro atoms. The first-order chi connectivity index (χ1) is 9.15. The van der Waals surface area contributed by atoms with Crippen LogP contribution in [0.1, 0.15) is 43.0 Å². The number of hydrogen-bond donors (Lipinski definition) is 3. The monoisotopic (exact) mass is 300 g/mol. The molecule has 2 amide bonds. The van der Waals surface area contributed by atoms with Crippen molar-refractivity contribution in [3.05, 3.63) is 35.9 Å². The lowest BCUT2D eigenvalue weighted by Gasteiger charge is -2.13. The average molecular weight is 301 g/mol. The van der Waals surface area contributed by atoms with Gasteiger partial charge < -0.3 is 17.5 Å². The van der Waals surface area contributed by atoms with Crippen molar-refractivity contribution in [2.45, 2.75) is 32.6 Å². The SMILES string of the molecule is CCCCCC[NH+](NC(=O)c1ccccc1)C(=O)O.[Cl-]. The van der Waals surface area contributed by atoms with Crippen LogP contribution < -0.4 is 22.8 Å². The number of unbranched alkanes of at least 4 members (excludes halogenated alkanes) is 3. The van der Waals surface area contributed by atoms with Crippen molar-refractivity contribution < 1.29 is 32.1 Å². The molecule has 112 valence electrons. The summed E-state index contributed by atoms with van der Waals surface area (Å²) in [4.78, 5) is 22.9. The number of benzene rings is 1. The maximum Gasteiger partial charge on any atom is 0.537 e. The van der Waals surface area contributed by atoms with Gasteiger partial charge in [-0.05, 0) is 25.0 Å². The number of quaternary nitrogens is 1. The molecule has 0 aliphatic carbocycles. The second kappa shape index (κ2) is 10.2. The first-order valence-electron chi connectivity index (χ1n) is 6.60. The zero-order valence-electron chi connectivity index (χ0n) is 11.6. The molecule has 1 rings (SSSR count). The third kappa shape index (κ3) is 6.54. The molecule has 0 saturated heterocycles. The van der Waals surface area contributed by atoms with Gasteiger partial charge in [-0.25, -0.2) is 0 Å². The second-order valence-corrected chi connectivity index (χ2v) is 4.41. The van der Waals surface area contributed by atoms with Crippen molar-refractivity contribution in [1.29, 1.82) is 0 Å². The van der Waals surface area contributed by atoms with E-state index in [0.29, 0.717) is 12.1 Å². The van der Waals surface area contributed by atoms with Crippen LogP contribution in [0.3, 0.4) is 0 Å². The minimum Gasteiger partial charge on any atom is -1.00 e. The quantitative estimate of drug-likeness (QED) is 0.441. The van der Waals surface area contributed by atoms with Crippen molar-refractivity contribution in [3.63, 3.8) is 0 Å². The Morgan fingerprint density at radius 2 is 1.80 bits per heavy atom. The lowest BCUT2D eigenvalue weighted by atomic mass is 10.2. The van der Waals surface area contributed by atoms with Crippen LogP contribution >= 0.6 is 0 Å². The van der Waals surface area contributed by atoms with Crippen LogP contribution in [0.2, 0.25) is 0 Å². The van der Waals surface area contributed by atoms with Gasteiger partial charge in [0, 0.05) is 5.56 Å². The van der Waals surface area contributed by atoms with Crippen LogP contribution in [0, 0.1) is 0 Å². The maximum absolute atomic E-state index is 11.9. The van der Waals surface area contributed by atoms with E-state index in [9.17, 15) is 9.59 Å². The van der Waals surface area contributed by atoms with Gasteiger partial charge in [0.15, 0.2) is 0 Å². The van der Waals surface area contributed by atoms with E-state index in [1.807, 2.05) is 6.07 Å². The van der Waals surface area contributed by atoms with E-state index in [1.54, 1.807) is 24.3 Å². The summed E-state index contributed by atoms with van der Waals surface area (Å²) in [6.07, 6.45) is 2.89. The second-order valence-electron chi connectivity index (χ2n) is 4.41. The summed E-state index contributed by atoms with van der Waals surface area (Å²) in [6.45, 7) is 2.49. The van der Waals surface area contributed by atoms with Gasteiger partial charge >= 0.3 is 6.09 Å². The minimum absolute atomic E-state index is 0. The van der Waals surface area contributed by atoms with E-state index in [-0.39, 0.29) is 23.3 Å². The van der Waals surface area contributed by atoms with E-state index < -0.39 is 6.09 Å². The molecule has 5 nitrogen and oxygen atoms in total. The lowest BCUT2D eigenvalue weighted by molar-refractivity contribution is -0.861. The lowest BCUT2D eigenvalue weighted by Crippen LogP contribution is -3.21. The fourth-order valence-electron chi connectivity index (χ4n) is 1.75. The van der Waals surface area contributed by atoms with Crippen molar-refractivity contribution >= 4 is 12.0 Å². The van der Waals surface area contributed by atoms with Crippen LogP contribution in [0.25, 0.3) is 0 Å². The summed E-state index contributed by atoms with van der Waals surface area (Å²) in [7, 11) is 0. The van der Waals surface area contributed by atoms with E-state index in [0.717, 1.165) is 25.7 Å². The maximum atomic E-state index is 11.9. The van der Waals surface area contributed by atoms with Crippen LogP contribution in [0.5, 0.6) is 0 Å². The van der Waals surface area contributed by atoms with Crippen molar-refractivity contribution in [2.75, 3.05) is 6.54 Å². The molecule has 6 heteroatoms. The zero-order valence-corrected chi connectivity index (χ0v) is 12.3. The molecule has 1 atom stereocenters. The number of carbonyl (C=O) groups is 2. The normalized spacial score (nSPS) is 11.2. The van der Waals surface area contributed by atoms with E-state index >= 15 is 0 Å². The van der Waals surface area contributed by atoms with Crippen molar-refractivity contribution in [2.24, 2.45) is 0 Å². The summed E-state index contributed by atoms with van der Waals surface area (Å²) < 4.78 is 0. The van der Waals surface area contributed by atoms with Crippen LogP contribution in [0.15, 0.2) is 30.3 Å². The molecule has 0 saturated carbocycles. The highest BCUT2D eigenvalue weighted by atomic mass is 35.5. The molecule has 0 aromatic heterocycles. The van der Waals surface area contributed by atoms with E-state index in [4.69, 9.17) is 5.11 Å². The van der Waals surface area contributed by atoms with Gasteiger partial charge in [0.1, 0.15) is 6.54 Å². The van der Waals surface area contributed by atoms with Gasteiger partial charge in [-0.2, -0.15) is 10.2 Å². The highest BCUT2D eigenvalue weighted by Crippen LogP contribution is 1.97.